The number of quaternary nitrogens is 1. The summed E-state index contributed by atoms with van der Waals surface area (Å²) < 4.78 is 5.22. The summed E-state index contributed by atoms with van der Waals surface area (Å²) in [6.45, 7) is 4.20. The van der Waals surface area contributed by atoms with Gasteiger partial charge in [0, 0.05) is 20.3 Å². The van der Waals surface area contributed by atoms with Gasteiger partial charge in [0.1, 0.15) is 17.5 Å². The predicted octanol–water partition coefficient (Wildman–Crippen LogP) is 2.63. The van der Waals surface area contributed by atoms with E-state index < -0.39 is 0 Å². The van der Waals surface area contributed by atoms with E-state index in [0.717, 1.165) is 29.0 Å². The average molecular weight is 311 g/mol. The van der Waals surface area contributed by atoms with Crippen molar-refractivity contribution in [2.24, 2.45) is 4.99 Å². The van der Waals surface area contributed by atoms with Gasteiger partial charge < -0.3 is 15.2 Å². The number of hydrogen-bond donors (Lipinski definition) is 2. The Bertz CT molecular complexity index is 720. The van der Waals surface area contributed by atoms with Crippen molar-refractivity contribution in [2.75, 3.05) is 7.11 Å². The summed E-state index contributed by atoms with van der Waals surface area (Å²) in [6.07, 6.45) is 0.785. The highest BCUT2D eigenvalue weighted by atomic mass is 16.5. The topological polar surface area (TPSA) is 58.4 Å². The lowest BCUT2D eigenvalue weighted by atomic mass is 9.92. The monoisotopic (exact) mass is 311 g/mol. The minimum absolute atomic E-state index is 0.154. The van der Waals surface area contributed by atoms with Crippen molar-refractivity contribution in [3.05, 3.63) is 59.7 Å². The average Bonchev–Trinajstić information content (AvgIpc) is 2.54. The number of phenolic OH excluding ortho intramolecular Hbond substituents is 1. The van der Waals surface area contributed by atoms with Gasteiger partial charge in [-0.15, -0.1) is 0 Å². The molecule has 0 fully saturated rings. The van der Waals surface area contributed by atoms with Gasteiger partial charge in [0.2, 0.25) is 0 Å². The predicted molar refractivity (Wildman–Crippen MR) is 91.0 cm³/mol. The molecule has 4 heteroatoms. The van der Waals surface area contributed by atoms with Crippen LogP contribution in [0.15, 0.2) is 53.5 Å². The maximum absolute atomic E-state index is 10.2. The molecule has 2 aromatic rings. The van der Waals surface area contributed by atoms with Gasteiger partial charge in [-0.25, -0.2) is 4.99 Å². The number of methoxy groups -OCH3 is 1. The zero-order valence-electron chi connectivity index (χ0n) is 13.8. The maximum atomic E-state index is 10.2. The molecule has 0 saturated carbocycles. The molecule has 0 bridgehead atoms. The number of para-hydroxylation sites is 1. The largest absolute Gasteiger partial charge is 0.507 e. The zero-order chi connectivity index (χ0) is 16.4. The Morgan fingerprint density at radius 2 is 1.83 bits per heavy atom. The van der Waals surface area contributed by atoms with Crippen LogP contribution in [-0.2, 0) is 0 Å². The van der Waals surface area contributed by atoms with Crippen LogP contribution < -0.4 is 10.1 Å². The molecule has 2 aromatic carbocycles. The summed E-state index contributed by atoms with van der Waals surface area (Å²) in [5, 5.41) is 12.4. The number of hydrogen-bond acceptors (Lipinski definition) is 3. The van der Waals surface area contributed by atoms with Crippen LogP contribution in [0.25, 0.3) is 0 Å². The Hall–Kier alpha value is -2.33. The van der Waals surface area contributed by atoms with E-state index in [1.54, 1.807) is 13.2 Å². The molecule has 4 nitrogen and oxygen atoms in total. The third-order valence-corrected chi connectivity index (χ3v) is 4.20. The van der Waals surface area contributed by atoms with Gasteiger partial charge in [0.15, 0.2) is 5.66 Å². The number of nitrogens with two attached hydrogens (primary N) is 1. The second-order valence-electron chi connectivity index (χ2n) is 6.48. The molecule has 3 N–H and O–H groups in total. The van der Waals surface area contributed by atoms with Crippen LogP contribution >= 0.6 is 0 Å². The molecule has 1 aliphatic heterocycles. The molecule has 0 radical (unpaired) electrons. The Morgan fingerprint density at radius 1 is 1.13 bits per heavy atom. The van der Waals surface area contributed by atoms with Crippen LogP contribution in [0.1, 0.15) is 37.4 Å². The van der Waals surface area contributed by atoms with Crippen LogP contribution in [0, 0.1) is 0 Å². The van der Waals surface area contributed by atoms with Crippen molar-refractivity contribution in [3.8, 4) is 11.5 Å². The number of aromatic hydroxyl groups is 1. The fraction of sp³-hybridized carbons (Fsp3) is 0.316. The van der Waals surface area contributed by atoms with Gasteiger partial charge in [-0.3, -0.25) is 0 Å². The summed E-state index contributed by atoms with van der Waals surface area (Å²) >= 11 is 0. The number of benzene rings is 2. The Kier molecular flexibility index (Phi) is 4.09. The van der Waals surface area contributed by atoms with Gasteiger partial charge >= 0.3 is 0 Å². The maximum Gasteiger partial charge on any atom is 0.184 e. The summed E-state index contributed by atoms with van der Waals surface area (Å²) in [6, 6.07) is 15.7. The van der Waals surface area contributed by atoms with E-state index in [4.69, 9.17) is 9.73 Å². The van der Waals surface area contributed by atoms with Crippen molar-refractivity contribution in [1.82, 2.24) is 0 Å². The number of nitrogens with zero attached hydrogens (tertiary/aromatic N) is 1. The molecule has 23 heavy (non-hydrogen) atoms. The quantitative estimate of drug-likeness (QED) is 0.915. The normalized spacial score (nSPS) is 20.0. The lowest BCUT2D eigenvalue weighted by Gasteiger charge is -2.32. The standard InChI is InChI=1S/C19H22N2O2/c1-19(2)20-16(13-8-10-14(23-3)11-9-13)12-17(21-19)15-6-4-5-7-18(15)22/h4-11,17,21-22H,12H2,1-3H3/p+1/t17-/m0/s1. The fourth-order valence-corrected chi connectivity index (χ4v) is 3.16. The van der Waals surface area contributed by atoms with Crippen LogP contribution in [0.2, 0.25) is 0 Å². The summed E-state index contributed by atoms with van der Waals surface area (Å²) in [7, 11) is 1.67. The van der Waals surface area contributed by atoms with Crippen LogP contribution in [0.4, 0.5) is 0 Å². The van der Waals surface area contributed by atoms with Crippen LogP contribution in [0.5, 0.6) is 11.5 Å². The first-order chi connectivity index (χ1) is 11.0. The molecule has 120 valence electrons. The second-order valence-corrected chi connectivity index (χ2v) is 6.48. The molecule has 1 aliphatic rings. The summed E-state index contributed by atoms with van der Waals surface area (Å²) in [4.78, 5) is 4.88. The van der Waals surface area contributed by atoms with Gasteiger partial charge in [-0.05, 0) is 42.0 Å². The molecule has 0 amide bonds. The third kappa shape index (κ3) is 3.37. The third-order valence-electron chi connectivity index (χ3n) is 4.20. The van der Waals surface area contributed by atoms with E-state index in [2.05, 4.69) is 19.2 Å². The Labute approximate surface area is 136 Å². The summed E-state index contributed by atoms with van der Waals surface area (Å²) in [5.74, 6) is 1.19. The van der Waals surface area contributed by atoms with Crippen molar-refractivity contribution in [3.63, 3.8) is 0 Å². The number of ether oxygens (including phenoxy) is 1. The molecule has 0 aliphatic carbocycles. The van der Waals surface area contributed by atoms with Crippen molar-refractivity contribution >= 4 is 5.71 Å². The first-order valence-corrected chi connectivity index (χ1v) is 7.85. The first-order valence-electron chi connectivity index (χ1n) is 7.85. The van der Waals surface area contributed by atoms with Gasteiger partial charge in [0.05, 0.1) is 18.4 Å². The fourth-order valence-electron chi connectivity index (χ4n) is 3.16. The highest BCUT2D eigenvalue weighted by Gasteiger charge is 2.34. The molecule has 0 spiro atoms. The van der Waals surface area contributed by atoms with Crippen molar-refractivity contribution < 1.29 is 15.2 Å². The highest BCUT2D eigenvalue weighted by Crippen LogP contribution is 2.28. The molecule has 3 rings (SSSR count). The van der Waals surface area contributed by atoms with E-state index in [-0.39, 0.29) is 11.7 Å². The van der Waals surface area contributed by atoms with Crippen LogP contribution in [0.3, 0.4) is 0 Å². The molecular weight excluding hydrogens is 288 g/mol. The smallest absolute Gasteiger partial charge is 0.184 e. The minimum atomic E-state index is -0.263. The van der Waals surface area contributed by atoms with E-state index in [1.165, 1.54) is 0 Å². The van der Waals surface area contributed by atoms with E-state index in [9.17, 15) is 5.11 Å². The van der Waals surface area contributed by atoms with Gasteiger partial charge in [0.25, 0.3) is 0 Å². The molecule has 0 saturated heterocycles. The van der Waals surface area contributed by atoms with E-state index in [1.807, 2.05) is 42.5 Å². The van der Waals surface area contributed by atoms with E-state index in [0.29, 0.717) is 5.75 Å². The van der Waals surface area contributed by atoms with Crippen LogP contribution in [-0.4, -0.2) is 23.6 Å². The number of aliphatic imine (C=N–C) groups is 1. The zero-order valence-corrected chi connectivity index (χ0v) is 13.8. The minimum Gasteiger partial charge on any atom is -0.507 e. The first kappa shape index (κ1) is 15.6. The summed E-state index contributed by atoms with van der Waals surface area (Å²) in [5.41, 5.74) is 2.86. The van der Waals surface area contributed by atoms with Gasteiger partial charge in [-0.2, -0.15) is 0 Å². The molecule has 1 atom stereocenters. The van der Waals surface area contributed by atoms with Gasteiger partial charge in [-0.1, -0.05) is 12.1 Å². The number of phenols is 1. The van der Waals surface area contributed by atoms with Crippen molar-refractivity contribution in [2.45, 2.75) is 32.0 Å². The molecule has 0 aromatic heterocycles. The molecular formula is C19H23N2O2+. The van der Waals surface area contributed by atoms with E-state index >= 15 is 0 Å². The molecule has 1 heterocycles. The highest BCUT2D eigenvalue weighted by molar-refractivity contribution is 6.01. The SMILES string of the molecule is COc1ccc(C2=NC(C)(C)[NH2+][C@H](c3ccccc3O)C2)cc1. The Morgan fingerprint density at radius 3 is 2.48 bits per heavy atom. The lowest BCUT2D eigenvalue weighted by Crippen LogP contribution is -2.96. The Balaban J connectivity index is 1.94. The molecule has 0 unspecified atom stereocenters. The van der Waals surface area contributed by atoms with Crippen molar-refractivity contribution in [1.29, 1.82) is 0 Å². The lowest BCUT2D eigenvalue weighted by molar-refractivity contribution is -0.757. The number of rotatable bonds is 3. The second kappa shape index (κ2) is 6.05.